The molecule has 0 aliphatic heterocycles. The average molecular weight is 224 g/mol. The molecule has 0 aliphatic carbocycles. The van der Waals surface area contributed by atoms with Crippen LogP contribution in [0.15, 0.2) is 11.7 Å². The summed E-state index contributed by atoms with van der Waals surface area (Å²) in [7, 11) is 1.64. The second-order valence-corrected chi connectivity index (χ2v) is 3.60. The fraction of sp³-hybridized carbons (Fsp3) is 0.143. The Morgan fingerprint density at radius 3 is 3.00 bits per heavy atom. The Hall–Kier alpha value is -1.96. The SMILES string of the molecule is Cn1ncc(N)c1C(=O)Nc1nncs1. The molecule has 7 nitrogen and oxygen atoms in total. The van der Waals surface area contributed by atoms with Crippen molar-refractivity contribution in [2.75, 3.05) is 11.1 Å². The van der Waals surface area contributed by atoms with Crippen LogP contribution < -0.4 is 11.1 Å². The Morgan fingerprint density at radius 1 is 1.67 bits per heavy atom. The van der Waals surface area contributed by atoms with Crippen molar-refractivity contribution in [3.05, 3.63) is 17.4 Å². The lowest BCUT2D eigenvalue weighted by molar-refractivity contribution is 0.101. The lowest BCUT2D eigenvalue weighted by Crippen LogP contribution is -2.17. The molecule has 2 aromatic rings. The Labute approximate surface area is 88.9 Å². The van der Waals surface area contributed by atoms with Crippen LogP contribution in [0.25, 0.3) is 0 Å². The zero-order chi connectivity index (χ0) is 10.8. The van der Waals surface area contributed by atoms with E-state index in [2.05, 4.69) is 20.6 Å². The van der Waals surface area contributed by atoms with Gasteiger partial charge < -0.3 is 5.73 Å². The van der Waals surface area contributed by atoms with E-state index >= 15 is 0 Å². The van der Waals surface area contributed by atoms with Crippen LogP contribution in [0.3, 0.4) is 0 Å². The lowest BCUT2D eigenvalue weighted by atomic mass is 10.3. The number of nitrogens with two attached hydrogens (primary N) is 1. The number of aromatic nitrogens is 4. The van der Waals surface area contributed by atoms with Crippen molar-refractivity contribution in [2.45, 2.75) is 0 Å². The Bertz CT molecular complexity index is 456. The summed E-state index contributed by atoms with van der Waals surface area (Å²) >= 11 is 1.24. The summed E-state index contributed by atoms with van der Waals surface area (Å²) in [5.41, 5.74) is 7.77. The molecule has 1 amide bonds. The number of hydrogen-bond donors (Lipinski definition) is 2. The number of rotatable bonds is 2. The Balaban J connectivity index is 2.22. The van der Waals surface area contributed by atoms with Crippen molar-refractivity contribution < 1.29 is 4.79 Å². The fourth-order valence-corrected chi connectivity index (χ4v) is 1.56. The maximum absolute atomic E-state index is 11.7. The number of nitrogens with zero attached hydrogens (tertiary/aromatic N) is 4. The van der Waals surface area contributed by atoms with Crippen molar-refractivity contribution in [3.63, 3.8) is 0 Å². The quantitative estimate of drug-likeness (QED) is 0.754. The lowest BCUT2D eigenvalue weighted by Gasteiger charge is -2.02. The standard InChI is InChI=1S/C7H8N6OS/c1-13-5(4(8)2-10-13)6(14)11-7-12-9-3-15-7/h2-3H,8H2,1H3,(H,11,12,14). The minimum absolute atomic E-state index is 0.310. The largest absolute Gasteiger partial charge is 0.396 e. The molecule has 2 aromatic heterocycles. The first-order valence-corrected chi connectivity index (χ1v) is 4.91. The molecule has 0 unspecified atom stereocenters. The minimum Gasteiger partial charge on any atom is -0.396 e. The van der Waals surface area contributed by atoms with Crippen LogP contribution in [-0.4, -0.2) is 25.9 Å². The van der Waals surface area contributed by atoms with E-state index in [1.54, 1.807) is 7.05 Å². The summed E-state index contributed by atoms with van der Waals surface area (Å²) in [6.07, 6.45) is 1.43. The first kappa shape index (κ1) is 9.59. The van der Waals surface area contributed by atoms with Gasteiger partial charge in [-0.2, -0.15) is 5.10 Å². The second-order valence-electron chi connectivity index (χ2n) is 2.77. The summed E-state index contributed by atoms with van der Waals surface area (Å²) in [6.45, 7) is 0. The summed E-state index contributed by atoms with van der Waals surface area (Å²) in [4.78, 5) is 11.7. The Morgan fingerprint density at radius 2 is 2.47 bits per heavy atom. The monoisotopic (exact) mass is 224 g/mol. The highest BCUT2D eigenvalue weighted by atomic mass is 32.1. The van der Waals surface area contributed by atoms with Crippen molar-refractivity contribution in [3.8, 4) is 0 Å². The molecule has 0 aliphatic rings. The average Bonchev–Trinajstić information content (AvgIpc) is 2.77. The molecule has 3 N–H and O–H groups in total. The molecule has 0 spiro atoms. The molecule has 0 atom stereocenters. The van der Waals surface area contributed by atoms with Crippen LogP contribution in [0.5, 0.6) is 0 Å². The maximum atomic E-state index is 11.7. The van der Waals surface area contributed by atoms with E-state index in [4.69, 9.17) is 5.73 Å². The zero-order valence-corrected chi connectivity index (χ0v) is 8.65. The third kappa shape index (κ3) is 1.79. The molecule has 78 valence electrons. The van der Waals surface area contributed by atoms with Gasteiger partial charge in [0.2, 0.25) is 5.13 Å². The van der Waals surface area contributed by atoms with Crippen LogP contribution in [0, 0.1) is 0 Å². The van der Waals surface area contributed by atoms with Gasteiger partial charge in [-0.25, -0.2) is 0 Å². The highest BCUT2D eigenvalue weighted by Gasteiger charge is 2.15. The predicted octanol–water partition coefficient (Wildman–Crippen LogP) is 0.106. The topological polar surface area (TPSA) is 98.7 Å². The van der Waals surface area contributed by atoms with Crippen LogP contribution in [0.1, 0.15) is 10.5 Å². The maximum Gasteiger partial charge on any atom is 0.277 e. The van der Waals surface area contributed by atoms with E-state index in [1.807, 2.05) is 0 Å². The van der Waals surface area contributed by atoms with Gasteiger partial charge >= 0.3 is 0 Å². The van der Waals surface area contributed by atoms with Crippen molar-refractivity contribution >= 4 is 28.1 Å². The highest BCUT2D eigenvalue weighted by Crippen LogP contribution is 2.14. The van der Waals surface area contributed by atoms with Gasteiger partial charge in [-0.15, -0.1) is 10.2 Å². The normalized spacial score (nSPS) is 10.2. The minimum atomic E-state index is -0.343. The summed E-state index contributed by atoms with van der Waals surface area (Å²) < 4.78 is 1.41. The van der Waals surface area contributed by atoms with Gasteiger partial charge in [0, 0.05) is 7.05 Å². The summed E-state index contributed by atoms with van der Waals surface area (Å²) in [5, 5.41) is 14.2. The number of hydrogen-bond acceptors (Lipinski definition) is 6. The molecule has 0 saturated carbocycles. The summed E-state index contributed by atoms with van der Waals surface area (Å²) in [5.74, 6) is -0.343. The molecule has 2 rings (SSSR count). The van der Waals surface area contributed by atoms with E-state index in [9.17, 15) is 4.79 Å². The number of carbonyl (C=O) groups is 1. The molecule has 0 fully saturated rings. The van der Waals surface area contributed by atoms with Gasteiger partial charge in [-0.05, 0) is 0 Å². The third-order valence-electron chi connectivity index (χ3n) is 1.76. The molecular weight excluding hydrogens is 216 g/mol. The fourth-order valence-electron chi connectivity index (χ4n) is 1.12. The van der Waals surface area contributed by atoms with Crippen molar-refractivity contribution in [1.29, 1.82) is 0 Å². The first-order valence-electron chi connectivity index (χ1n) is 4.03. The number of nitrogen functional groups attached to an aromatic ring is 1. The number of carbonyl (C=O) groups excluding carboxylic acids is 1. The van der Waals surface area contributed by atoms with Gasteiger partial charge in [-0.1, -0.05) is 11.3 Å². The van der Waals surface area contributed by atoms with Crippen LogP contribution >= 0.6 is 11.3 Å². The van der Waals surface area contributed by atoms with E-state index in [-0.39, 0.29) is 5.91 Å². The predicted molar refractivity (Wildman–Crippen MR) is 55.5 cm³/mol. The molecule has 0 radical (unpaired) electrons. The van der Waals surface area contributed by atoms with E-state index < -0.39 is 0 Å². The molecular formula is C7H8N6OS. The number of nitrogens with one attached hydrogen (secondary N) is 1. The third-order valence-corrected chi connectivity index (χ3v) is 2.37. The van der Waals surface area contributed by atoms with Crippen LogP contribution in [-0.2, 0) is 7.05 Å². The van der Waals surface area contributed by atoms with Gasteiger partial charge in [0.15, 0.2) is 0 Å². The van der Waals surface area contributed by atoms with Crippen LogP contribution in [0.4, 0.5) is 10.8 Å². The smallest absolute Gasteiger partial charge is 0.277 e. The first-order chi connectivity index (χ1) is 7.18. The molecule has 15 heavy (non-hydrogen) atoms. The highest BCUT2D eigenvalue weighted by molar-refractivity contribution is 7.13. The van der Waals surface area contributed by atoms with Gasteiger partial charge in [-0.3, -0.25) is 14.8 Å². The van der Waals surface area contributed by atoms with Gasteiger partial charge in [0.05, 0.1) is 11.9 Å². The van der Waals surface area contributed by atoms with E-state index in [0.717, 1.165) is 0 Å². The summed E-state index contributed by atoms with van der Waals surface area (Å²) in [6, 6.07) is 0. The van der Waals surface area contributed by atoms with E-state index in [1.165, 1.54) is 27.7 Å². The van der Waals surface area contributed by atoms with Gasteiger partial charge in [0.25, 0.3) is 5.91 Å². The molecule has 2 heterocycles. The zero-order valence-electron chi connectivity index (χ0n) is 7.84. The van der Waals surface area contributed by atoms with Crippen molar-refractivity contribution in [1.82, 2.24) is 20.0 Å². The Kier molecular flexibility index (Phi) is 2.34. The van der Waals surface area contributed by atoms with Crippen LogP contribution in [0.2, 0.25) is 0 Å². The second kappa shape index (κ2) is 3.65. The number of amides is 1. The number of aryl methyl sites for hydroxylation is 1. The van der Waals surface area contributed by atoms with Gasteiger partial charge in [0.1, 0.15) is 11.2 Å². The molecule has 0 bridgehead atoms. The van der Waals surface area contributed by atoms with Crippen molar-refractivity contribution in [2.24, 2.45) is 7.05 Å². The molecule has 8 heteroatoms. The van der Waals surface area contributed by atoms with E-state index in [0.29, 0.717) is 16.5 Å². The molecule has 0 aromatic carbocycles. The molecule has 0 saturated heterocycles. The number of anilines is 2.